The van der Waals surface area contributed by atoms with Crippen LogP contribution in [0.4, 0.5) is 5.82 Å². The Morgan fingerprint density at radius 1 is 1.18 bits per heavy atom. The molecule has 0 radical (unpaired) electrons. The minimum absolute atomic E-state index is 0.0746. The van der Waals surface area contributed by atoms with Gasteiger partial charge in [0, 0.05) is 63.6 Å². The maximum Gasteiger partial charge on any atom is 0.224 e. The van der Waals surface area contributed by atoms with Crippen molar-refractivity contribution in [2.45, 2.75) is 18.6 Å². The first-order chi connectivity index (χ1) is 16.1. The first-order valence-corrected chi connectivity index (χ1v) is 11.6. The van der Waals surface area contributed by atoms with E-state index in [0.29, 0.717) is 12.1 Å². The average Bonchev–Trinajstić information content (AvgIpc) is 2.84. The van der Waals surface area contributed by atoms with Crippen LogP contribution in [0.15, 0.2) is 42.7 Å². The molecule has 2 aromatic heterocycles. The molecule has 0 spiro atoms. The van der Waals surface area contributed by atoms with Crippen molar-refractivity contribution in [1.29, 1.82) is 5.26 Å². The molecule has 5 rings (SSSR count). The number of nitriles is 1. The zero-order chi connectivity index (χ0) is 22.8. The summed E-state index contributed by atoms with van der Waals surface area (Å²) in [5.41, 5.74) is 1.85. The fourth-order valence-corrected chi connectivity index (χ4v) is 5.08. The van der Waals surface area contributed by atoms with E-state index < -0.39 is 5.60 Å². The second-order valence-electron chi connectivity index (χ2n) is 8.67. The van der Waals surface area contributed by atoms with Crippen molar-refractivity contribution in [2.75, 3.05) is 50.7 Å². The predicted molar refractivity (Wildman–Crippen MR) is 127 cm³/mol. The van der Waals surface area contributed by atoms with Gasteiger partial charge in [-0.1, -0.05) is 12.1 Å². The molecule has 2 aliphatic rings. The van der Waals surface area contributed by atoms with Crippen molar-refractivity contribution in [3.05, 3.63) is 59.1 Å². The highest BCUT2D eigenvalue weighted by Gasteiger charge is 2.41. The summed E-state index contributed by atoms with van der Waals surface area (Å²) in [6.07, 6.45) is 3.51. The Kier molecular flexibility index (Phi) is 6.13. The van der Waals surface area contributed by atoms with Crippen LogP contribution in [0.2, 0.25) is 5.28 Å². The molecule has 2 atom stereocenters. The molecule has 33 heavy (non-hydrogen) atoms. The van der Waals surface area contributed by atoms with Gasteiger partial charge in [-0.05, 0) is 42.3 Å². The van der Waals surface area contributed by atoms with E-state index in [1.807, 2.05) is 30.3 Å². The van der Waals surface area contributed by atoms with Crippen LogP contribution in [0.3, 0.4) is 0 Å². The van der Waals surface area contributed by atoms with Gasteiger partial charge in [-0.25, -0.2) is 9.97 Å². The number of hydrogen-bond acceptors (Lipinski definition) is 8. The summed E-state index contributed by atoms with van der Waals surface area (Å²) in [6.45, 7) is 7.83. The molecular weight excluding hydrogens is 438 g/mol. The summed E-state index contributed by atoms with van der Waals surface area (Å²) in [6, 6.07) is 12.0. The van der Waals surface area contributed by atoms with E-state index in [2.05, 4.69) is 43.1 Å². The van der Waals surface area contributed by atoms with Crippen LogP contribution in [0.5, 0.6) is 0 Å². The van der Waals surface area contributed by atoms with E-state index in [1.165, 1.54) is 0 Å². The monoisotopic (exact) mass is 463 g/mol. The number of piperazine rings is 1. The molecule has 8 nitrogen and oxygen atoms in total. The van der Waals surface area contributed by atoms with Crippen LogP contribution < -0.4 is 10.2 Å². The van der Waals surface area contributed by atoms with E-state index in [9.17, 15) is 5.26 Å². The standard InChI is InChI=1S/C24H26ClN7O/c1-17-14-27-15-24(33-17,20-5-4-18(13-26)22-19(20)3-2-7-28-22)16-31-9-11-32(12-10-31)21-6-8-29-23(25)30-21/h2-8,17,27H,9-12,14-16H2,1H3/t17-,24+/m1/s1. The summed E-state index contributed by atoms with van der Waals surface area (Å²) in [5, 5.41) is 14.4. The molecule has 0 aliphatic carbocycles. The molecule has 4 heterocycles. The zero-order valence-corrected chi connectivity index (χ0v) is 19.3. The number of fused-ring (bicyclic) bond motifs is 1. The summed E-state index contributed by atoms with van der Waals surface area (Å²) >= 11 is 5.98. The van der Waals surface area contributed by atoms with E-state index in [0.717, 1.165) is 61.6 Å². The number of ether oxygens (including phenoxy) is 1. The topological polar surface area (TPSA) is 90.2 Å². The number of benzene rings is 1. The number of morpholine rings is 1. The van der Waals surface area contributed by atoms with Crippen LogP contribution in [-0.2, 0) is 10.3 Å². The van der Waals surface area contributed by atoms with Gasteiger partial charge in [-0.2, -0.15) is 5.26 Å². The van der Waals surface area contributed by atoms with Gasteiger partial charge in [-0.15, -0.1) is 0 Å². The second-order valence-corrected chi connectivity index (χ2v) is 9.01. The van der Waals surface area contributed by atoms with Crippen LogP contribution in [0, 0.1) is 11.3 Å². The Labute approximate surface area is 198 Å². The molecule has 1 N–H and O–H groups in total. The summed E-state index contributed by atoms with van der Waals surface area (Å²) in [7, 11) is 0. The molecule has 2 aliphatic heterocycles. The Bertz CT molecular complexity index is 1190. The highest BCUT2D eigenvalue weighted by atomic mass is 35.5. The number of pyridine rings is 1. The molecule has 2 saturated heterocycles. The third kappa shape index (κ3) is 4.37. The molecular formula is C24H26ClN7O. The third-order valence-electron chi connectivity index (χ3n) is 6.44. The molecule has 170 valence electrons. The fourth-order valence-electron chi connectivity index (χ4n) is 4.94. The number of halogens is 1. The summed E-state index contributed by atoms with van der Waals surface area (Å²) in [5.74, 6) is 0.859. The molecule has 0 bridgehead atoms. The van der Waals surface area contributed by atoms with Gasteiger partial charge >= 0.3 is 0 Å². The van der Waals surface area contributed by atoms with Crippen LogP contribution in [-0.4, -0.2) is 71.8 Å². The van der Waals surface area contributed by atoms with Crippen molar-refractivity contribution in [1.82, 2.24) is 25.2 Å². The predicted octanol–water partition coefficient (Wildman–Crippen LogP) is 2.58. The smallest absolute Gasteiger partial charge is 0.224 e. The van der Waals surface area contributed by atoms with Crippen molar-refractivity contribution in [2.24, 2.45) is 0 Å². The van der Waals surface area contributed by atoms with Crippen LogP contribution in [0.25, 0.3) is 10.9 Å². The first-order valence-electron chi connectivity index (χ1n) is 11.2. The van der Waals surface area contributed by atoms with Gasteiger partial charge in [0.1, 0.15) is 17.5 Å². The second kappa shape index (κ2) is 9.20. The molecule has 3 aromatic rings. The van der Waals surface area contributed by atoms with Gasteiger partial charge in [0.05, 0.1) is 17.2 Å². The zero-order valence-electron chi connectivity index (χ0n) is 18.5. The van der Waals surface area contributed by atoms with Gasteiger partial charge in [0.15, 0.2) is 0 Å². The van der Waals surface area contributed by atoms with Gasteiger partial charge in [0.2, 0.25) is 5.28 Å². The van der Waals surface area contributed by atoms with E-state index >= 15 is 0 Å². The largest absolute Gasteiger partial charge is 0.363 e. The molecule has 9 heteroatoms. The Morgan fingerprint density at radius 2 is 2.03 bits per heavy atom. The van der Waals surface area contributed by atoms with E-state index in [4.69, 9.17) is 16.3 Å². The van der Waals surface area contributed by atoms with E-state index in [1.54, 1.807) is 12.4 Å². The summed E-state index contributed by atoms with van der Waals surface area (Å²) in [4.78, 5) is 17.5. The lowest BCUT2D eigenvalue weighted by atomic mass is 9.86. The third-order valence-corrected chi connectivity index (χ3v) is 6.62. The molecule has 0 unspecified atom stereocenters. The van der Waals surface area contributed by atoms with Gasteiger partial charge in [-0.3, -0.25) is 9.88 Å². The van der Waals surface area contributed by atoms with Crippen LogP contribution in [0.1, 0.15) is 18.1 Å². The lowest BCUT2D eigenvalue weighted by Gasteiger charge is -2.46. The van der Waals surface area contributed by atoms with Gasteiger partial charge < -0.3 is 15.0 Å². The van der Waals surface area contributed by atoms with Crippen molar-refractivity contribution >= 4 is 28.3 Å². The number of hydrogen-bond donors (Lipinski definition) is 1. The van der Waals surface area contributed by atoms with Crippen molar-refractivity contribution in [3.63, 3.8) is 0 Å². The molecule has 1 aromatic carbocycles. The summed E-state index contributed by atoms with van der Waals surface area (Å²) < 4.78 is 6.71. The Morgan fingerprint density at radius 3 is 2.79 bits per heavy atom. The Hall–Kier alpha value is -2.83. The molecule has 2 fully saturated rings. The maximum atomic E-state index is 9.58. The van der Waals surface area contributed by atoms with Gasteiger partial charge in [0.25, 0.3) is 0 Å². The highest BCUT2D eigenvalue weighted by molar-refractivity contribution is 6.28. The number of aromatic nitrogens is 3. The fraction of sp³-hybridized carbons (Fsp3) is 0.417. The Balaban J connectivity index is 1.43. The minimum Gasteiger partial charge on any atom is -0.363 e. The van der Waals surface area contributed by atoms with Crippen molar-refractivity contribution < 1.29 is 4.74 Å². The number of nitrogens with zero attached hydrogens (tertiary/aromatic N) is 6. The number of anilines is 1. The lowest BCUT2D eigenvalue weighted by Crippen LogP contribution is -2.59. The SMILES string of the molecule is C[C@@H]1CNC[C@](CN2CCN(c3ccnc(Cl)n3)CC2)(c2ccc(C#N)c3ncccc23)O1. The molecule has 0 amide bonds. The molecule has 0 saturated carbocycles. The normalized spacial score (nSPS) is 24.0. The first kappa shape index (κ1) is 22.0. The quantitative estimate of drug-likeness (QED) is 0.590. The highest BCUT2D eigenvalue weighted by Crippen LogP contribution is 2.36. The average molecular weight is 464 g/mol. The maximum absolute atomic E-state index is 9.58. The lowest BCUT2D eigenvalue weighted by molar-refractivity contribution is -0.128. The van der Waals surface area contributed by atoms with Crippen molar-refractivity contribution in [3.8, 4) is 6.07 Å². The van der Waals surface area contributed by atoms with E-state index in [-0.39, 0.29) is 11.4 Å². The van der Waals surface area contributed by atoms with Crippen LogP contribution >= 0.6 is 11.6 Å². The number of rotatable bonds is 4. The number of nitrogens with one attached hydrogen (secondary N) is 1. The minimum atomic E-state index is -0.534.